The van der Waals surface area contributed by atoms with Crippen LogP contribution in [0.15, 0.2) is 18.3 Å². The number of aromatic carboxylic acids is 1. The van der Waals surface area contributed by atoms with E-state index in [1.165, 1.54) is 7.11 Å². The van der Waals surface area contributed by atoms with E-state index < -0.39 is 11.6 Å². The Kier molecular flexibility index (Phi) is 4.37. The number of carboxylic acid groups (broad SMARTS) is 1. The molecule has 6 nitrogen and oxygen atoms in total. The van der Waals surface area contributed by atoms with Gasteiger partial charge in [0.2, 0.25) is 0 Å². The molecule has 0 aromatic carbocycles. The van der Waals surface area contributed by atoms with E-state index in [1.54, 1.807) is 41.6 Å². The number of likely N-dealkylation sites (tertiary alicyclic amines) is 1. The lowest BCUT2D eigenvalue weighted by atomic mass is 10.0. The number of hydrogen-bond acceptors (Lipinski definition) is 3. The summed E-state index contributed by atoms with van der Waals surface area (Å²) in [6.45, 7) is 4.76. The number of aromatic nitrogens is 1. The lowest BCUT2D eigenvalue weighted by Gasteiger charge is -2.37. The number of nitrogens with zero attached hydrogens (tertiary/aromatic N) is 2. The molecule has 0 radical (unpaired) electrons. The van der Waals surface area contributed by atoms with E-state index in [0.717, 1.165) is 12.8 Å². The summed E-state index contributed by atoms with van der Waals surface area (Å²) in [5, 5.41) is 9.16. The number of carbonyl (C=O) groups excluding carboxylic acids is 1. The molecule has 0 saturated carbocycles. The molecule has 1 aliphatic heterocycles. The van der Waals surface area contributed by atoms with Crippen molar-refractivity contribution in [2.45, 2.75) is 38.3 Å². The molecule has 0 spiro atoms. The fraction of sp³-hybridized carbons (Fsp3) is 0.600. The third-order valence-electron chi connectivity index (χ3n) is 4.17. The number of piperidine rings is 1. The number of hydrogen-bond donors (Lipinski definition) is 1. The highest BCUT2D eigenvalue weighted by Gasteiger charge is 2.34. The molecule has 2 rings (SSSR count). The second kappa shape index (κ2) is 5.89. The van der Waals surface area contributed by atoms with Crippen molar-refractivity contribution in [2.75, 3.05) is 20.2 Å². The normalized spacial score (nSPS) is 17.0. The Morgan fingerprint density at radius 3 is 2.48 bits per heavy atom. The molecular formula is C15H22N2O4. The van der Waals surface area contributed by atoms with Gasteiger partial charge in [-0.05, 0) is 38.8 Å². The van der Waals surface area contributed by atoms with Gasteiger partial charge in [-0.3, -0.25) is 4.79 Å². The molecule has 0 aliphatic carbocycles. The Bertz CT molecular complexity index is 528. The van der Waals surface area contributed by atoms with Gasteiger partial charge < -0.3 is 19.3 Å². The van der Waals surface area contributed by atoms with E-state index >= 15 is 0 Å². The largest absolute Gasteiger partial charge is 0.477 e. The third kappa shape index (κ3) is 3.10. The van der Waals surface area contributed by atoms with E-state index in [0.29, 0.717) is 18.8 Å². The first-order chi connectivity index (χ1) is 9.86. The molecule has 1 amide bonds. The van der Waals surface area contributed by atoms with E-state index in [9.17, 15) is 9.59 Å². The Labute approximate surface area is 124 Å². The van der Waals surface area contributed by atoms with Crippen molar-refractivity contribution >= 4 is 11.9 Å². The van der Waals surface area contributed by atoms with Crippen molar-refractivity contribution in [1.29, 1.82) is 0 Å². The first kappa shape index (κ1) is 15.6. The minimum atomic E-state index is -0.918. The molecule has 1 aromatic heterocycles. The second-order valence-electron chi connectivity index (χ2n) is 5.84. The minimum absolute atomic E-state index is 0.0191. The van der Waals surface area contributed by atoms with Gasteiger partial charge in [0.05, 0.1) is 0 Å². The molecule has 6 heteroatoms. The fourth-order valence-corrected chi connectivity index (χ4v) is 2.71. The number of rotatable bonds is 4. The molecule has 21 heavy (non-hydrogen) atoms. The first-order valence-electron chi connectivity index (χ1n) is 7.11. The quantitative estimate of drug-likeness (QED) is 0.918. The SMILES string of the molecule is COC(C)(C)C(=O)N1CCC(n2cccc2C(=O)O)CC1. The maximum Gasteiger partial charge on any atom is 0.352 e. The van der Waals surface area contributed by atoms with Crippen LogP contribution in [0, 0.1) is 0 Å². The van der Waals surface area contributed by atoms with E-state index in [-0.39, 0.29) is 11.9 Å². The highest BCUT2D eigenvalue weighted by atomic mass is 16.5. The highest BCUT2D eigenvalue weighted by molar-refractivity contribution is 5.86. The zero-order chi connectivity index (χ0) is 15.6. The van der Waals surface area contributed by atoms with Gasteiger partial charge in [-0.25, -0.2) is 4.79 Å². The van der Waals surface area contributed by atoms with Gasteiger partial charge in [0.1, 0.15) is 11.3 Å². The Balaban J connectivity index is 2.02. The smallest absolute Gasteiger partial charge is 0.352 e. The van der Waals surface area contributed by atoms with Gasteiger partial charge in [0, 0.05) is 32.4 Å². The van der Waals surface area contributed by atoms with E-state index in [2.05, 4.69) is 0 Å². The summed E-state index contributed by atoms with van der Waals surface area (Å²) in [5.41, 5.74) is -0.510. The average Bonchev–Trinajstić information content (AvgIpc) is 2.96. The Morgan fingerprint density at radius 2 is 1.95 bits per heavy atom. The molecule has 116 valence electrons. The summed E-state index contributed by atoms with van der Waals surface area (Å²) in [5.74, 6) is -0.937. The van der Waals surface area contributed by atoms with Crippen molar-refractivity contribution in [3.8, 4) is 0 Å². The lowest BCUT2D eigenvalue weighted by Crippen LogP contribution is -2.49. The molecule has 1 aliphatic rings. The van der Waals surface area contributed by atoms with Crippen LogP contribution in [0.3, 0.4) is 0 Å². The highest BCUT2D eigenvalue weighted by Crippen LogP contribution is 2.26. The summed E-state index contributed by atoms with van der Waals surface area (Å²) in [6.07, 6.45) is 3.30. The zero-order valence-electron chi connectivity index (χ0n) is 12.7. The summed E-state index contributed by atoms with van der Waals surface area (Å²) >= 11 is 0. The topological polar surface area (TPSA) is 71.8 Å². The minimum Gasteiger partial charge on any atom is -0.477 e. The zero-order valence-corrected chi connectivity index (χ0v) is 12.7. The number of amides is 1. The molecule has 1 fully saturated rings. The fourth-order valence-electron chi connectivity index (χ4n) is 2.71. The van der Waals surface area contributed by atoms with Crippen LogP contribution >= 0.6 is 0 Å². The molecule has 0 atom stereocenters. The van der Waals surface area contributed by atoms with Gasteiger partial charge in [0.15, 0.2) is 0 Å². The first-order valence-corrected chi connectivity index (χ1v) is 7.11. The molecule has 0 bridgehead atoms. The van der Waals surface area contributed by atoms with Gasteiger partial charge >= 0.3 is 5.97 Å². The van der Waals surface area contributed by atoms with Crippen LogP contribution in [-0.2, 0) is 9.53 Å². The summed E-state index contributed by atoms with van der Waals surface area (Å²) in [4.78, 5) is 25.3. The molecule has 2 heterocycles. The van der Waals surface area contributed by atoms with Crippen LogP contribution in [0.1, 0.15) is 43.2 Å². The Hall–Kier alpha value is -1.82. The van der Waals surface area contributed by atoms with Crippen molar-refractivity contribution in [1.82, 2.24) is 9.47 Å². The molecule has 1 N–H and O–H groups in total. The third-order valence-corrected chi connectivity index (χ3v) is 4.17. The monoisotopic (exact) mass is 294 g/mol. The van der Waals surface area contributed by atoms with Crippen LogP contribution in [0.2, 0.25) is 0 Å². The van der Waals surface area contributed by atoms with Crippen molar-refractivity contribution in [3.63, 3.8) is 0 Å². The average molecular weight is 294 g/mol. The number of carbonyl (C=O) groups is 2. The summed E-state index contributed by atoms with van der Waals surface area (Å²) < 4.78 is 7.03. The maximum absolute atomic E-state index is 12.3. The molecule has 0 unspecified atom stereocenters. The van der Waals surface area contributed by atoms with Gasteiger partial charge in [-0.2, -0.15) is 0 Å². The number of methoxy groups -OCH3 is 1. The van der Waals surface area contributed by atoms with Crippen LogP contribution in [0.25, 0.3) is 0 Å². The standard InChI is InChI=1S/C15H22N2O4/c1-15(2,21-3)14(20)16-9-6-11(7-10-16)17-8-4-5-12(17)13(18)19/h4-5,8,11H,6-7,9-10H2,1-3H3,(H,18,19). The number of ether oxygens (including phenoxy) is 1. The van der Waals surface area contributed by atoms with Crippen LogP contribution in [-0.4, -0.2) is 52.3 Å². The maximum atomic E-state index is 12.3. The summed E-state index contributed by atoms with van der Waals surface area (Å²) in [7, 11) is 1.53. The van der Waals surface area contributed by atoms with E-state index in [4.69, 9.17) is 9.84 Å². The molecule has 1 aromatic rings. The predicted molar refractivity (Wildman–Crippen MR) is 77.3 cm³/mol. The number of carboxylic acids is 1. The van der Waals surface area contributed by atoms with E-state index in [1.807, 2.05) is 0 Å². The predicted octanol–water partition coefficient (Wildman–Crippen LogP) is 1.77. The lowest BCUT2D eigenvalue weighted by molar-refractivity contribution is -0.152. The van der Waals surface area contributed by atoms with Crippen LogP contribution in [0.5, 0.6) is 0 Å². The van der Waals surface area contributed by atoms with Crippen molar-refractivity contribution < 1.29 is 19.4 Å². The summed E-state index contributed by atoms with van der Waals surface area (Å²) in [6, 6.07) is 3.48. The van der Waals surface area contributed by atoms with Crippen LogP contribution in [0.4, 0.5) is 0 Å². The van der Waals surface area contributed by atoms with Crippen molar-refractivity contribution in [3.05, 3.63) is 24.0 Å². The molecule has 1 saturated heterocycles. The van der Waals surface area contributed by atoms with Crippen molar-refractivity contribution in [2.24, 2.45) is 0 Å². The Morgan fingerprint density at radius 1 is 1.33 bits per heavy atom. The van der Waals surface area contributed by atoms with Crippen LogP contribution < -0.4 is 0 Å². The van der Waals surface area contributed by atoms with Gasteiger partial charge in [0.25, 0.3) is 5.91 Å². The molecular weight excluding hydrogens is 272 g/mol. The van der Waals surface area contributed by atoms with Gasteiger partial charge in [-0.15, -0.1) is 0 Å². The van der Waals surface area contributed by atoms with Gasteiger partial charge in [-0.1, -0.05) is 0 Å². The second-order valence-corrected chi connectivity index (χ2v) is 5.84.